The van der Waals surface area contributed by atoms with Crippen molar-refractivity contribution in [1.82, 2.24) is 15.0 Å². The van der Waals surface area contributed by atoms with Gasteiger partial charge in [0.15, 0.2) is 0 Å². The van der Waals surface area contributed by atoms with Gasteiger partial charge in [-0.15, -0.1) is 10.3 Å². The van der Waals surface area contributed by atoms with Gasteiger partial charge in [-0.05, 0) is 51.0 Å². The fourth-order valence-corrected chi connectivity index (χ4v) is 4.37. The number of aromatic nitrogens is 2. The van der Waals surface area contributed by atoms with Gasteiger partial charge in [-0.25, -0.2) is 4.98 Å². The molecule has 6 nitrogen and oxygen atoms in total. The molecule has 0 fully saturated rings. The third kappa shape index (κ3) is 2.49. The summed E-state index contributed by atoms with van der Waals surface area (Å²) in [5.74, 6) is 0.0522. The Labute approximate surface area is 163 Å². The van der Waals surface area contributed by atoms with Crippen LogP contribution >= 0.6 is 0 Å². The Balaban J connectivity index is 2.06. The number of amides is 1. The van der Waals surface area contributed by atoms with Gasteiger partial charge in [0.05, 0.1) is 22.2 Å². The molecule has 1 aliphatic rings. The number of hydrogen-bond acceptors (Lipinski definition) is 3. The summed E-state index contributed by atoms with van der Waals surface area (Å²) in [5, 5.41) is 14.4. The number of aromatic amines is 1. The molecule has 0 unspecified atom stereocenters. The van der Waals surface area contributed by atoms with E-state index in [9.17, 15) is 10.0 Å². The largest absolute Gasteiger partial charge is 0.366 e. The second-order valence-electron chi connectivity index (χ2n) is 8.18. The van der Waals surface area contributed by atoms with Crippen LogP contribution in [-0.2, 0) is 5.21 Å². The van der Waals surface area contributed by atoms with Gasteiger partial charge in [-0.2, -0.15) is 0 Å². The average Bonchev–Trinajstić information content (AvgIpc) is 3.13. The van der Waals surface area contributed by atoms with Crippen LogP contribution in [0.25, 0.3) is 22.2 Å². The second kappa shape index (κ2) is 6.02. The normalized spacial score (nSPS) is 18.8. The molecule has 143 valence electrons. The number of para-hydroxylation sites is 1. The predicted octanol–water partition coefficient (Wildman–Crippen LogP) is 3.79. The van der Waals surface area contributed by atoms with E-state index in [0.29, 0.717) is 22.4 Å². The molecule has 0 atom stereocenters. The van der Waals surface area contributed by atoms with Crippen LogP contribution in [0, 0.1) is 0 Å². The van der Waals surface area contributed by atoms with E-state index in [-0.39, 0.29) is 0 Å². The second-order valence-corrected chi connectivity index (χ2v) is 8.18. The van der Waals surface area contributed by atoms with E-state index in [1.807, 2.05) is 64.1 Å². The minimum atomic E-state index is -0.810. The lowest BCUT2D eigenvalue weighted by molar-refractivity contribution is -0.232. The third-order valence-electron chi connectivity index (χ3n) is 5.57. The fraction of sp³-hybridized carbons (Fsp3) is 0.273. The predicted molar refractivity (Wildman–Crippen MR) is 109 cm³/mol. The quantitative estimate of drug-likeness (QED) is 0.729. The van der Waals surface area contributed by atoms with Crippen LogP contribution in [-0.4, -0.2) is 32.0 Å². The van der Waals surface area contributed by atoms with Crippen LogP contribution in [0.1, 0.15) is 49.4 Å². The summed E-state index contributed by atoms with van der Waals surface area (Å²) < 4.78 is 0. The minimum absolute atomic E-state index is 0.357. The molecule has 0 saturated heterocycles. The molecular weight excluding hydrogens is 352 g/mol. The summed E-state index contributed by atoms with van der Waals surface area (Å²) in [4.78, 5) is 19.8. The van der Waals surface area contributed by atoms with Crippen LogP contribution in [0.2, 0.25) is 0 Å². The zero-order valence-electron chi connectivity index (χ0n) is 16.4. The van der Waals surface area contributed by atoms with Gasteiger partial charge in [0, 0.05) is 5.57 Å². The summed E-state index contributed by atoms with van der Waals surface area (Å²) in [6.45, 7) is 7.65. The number of nitrogens with one attached hydrogen (secondary N) is 1. The maximum Gasteiger partial charge on any atom is 0.250 e. The Hall–Kier alpha value is -2.96. The van der Waals surface area contributed by atoms with Crippen molar-refractivity contribution < 1.29 is 10.0 Å². The maximum absolute atomic E-state index is 13.3. The lowest BCUT2D eigenvalue weighted by Crippen LogP contribution is -2.47. The molecule has 1 aromatic heterocycles. The van der Waals surface area contributed by atoms with Crippen LogP contribution in [0.5, 0.6) is 0 Å². The molecule has 0 spiro atoms. The van der Waals surface area contributed by atoms with E-state index in [2.05, 4.69) is 4.98 Å². The van der Waals surface area contributed by atoms with Gasteiger partial charge in [0.2, 0.25) is 0 Å². The molecular formula is C22H23N4O2. The molecule has 6 heteroatoms. The number of hydroxylamine groups is 2. The molecule has 4 rings (SSSR count). The monoisotopic (exact) mass is 375 g/mol. The Morgan fingerprint density at radius 1 is 0.964 bits per heavy atom. The van der Waals surface area contributed by atoms with Crippen LogP contribution in [0.3, 0.4) is 0 Å². The fourth-order valence-electron chi connectivity index (χ4n) is 4.37. The number of carbonyl (C=O) groups excluding carboxylic acids is 1. The Morgan fingerprint density at radius 3 is 2.25 bits per heavy atom. The SMILES string of the molecule is CC1(C)C(c2ccccc2)=C(c2nc3c(C(N)=O)cccc3[nH]2)C(C)(C)N1[O]. The van der Waals surface area contributed by atoms with Gasteiger partial charge in [0.25, 0.3) is 5.91 Å². The Morgan fingerprint density at radius 2 is 1.61 bits per heavy atom. The van der Waals surface area contributed by atoms with Gasteiger partial charge in [0.1, 0.15) is 11.3 Å². The lowest BCUT2D eigenvalue weighted by Gasteiger charge is -2.34. The molecule has 1 aliphatic heterocycles. The highest BCUT2D eigenvalue weighted by molar-refractivity contribution is 6.06. The van der Waals surface area contributed by atoms with Crippen molar-refractivity contribution in [1.29, 1.82) is 0 Å². The number of hydrogen-bond donors (Lipinski definition) is 2. The molecule has 3 aromatic rings. The van der Waals surface area contributed by atoms with Gasteiger partial charge < -0.3 is 10.7 Å². The number of fused-ring (bicyclic) bond motifs is 1. The van der Waals surface area contributed by atoms with E-state index in [0.717, 1.165) is 21.8 Å². The molecule has 3 N–H and O–H groups in total. The van der Waals surface area contributed by atoms with Gasteiger partial charge in [-0.1, -0.05) is 36.4 Å². The molecule has 0 aliphatic carbocycles. The minimum Gasteiger partial charge on any atom is -0.366 e. The summed E-state index contributed by atoms with van der Waals surface area (Å²) >= 11 is 0. The zero-order chi connectivity index (χ0) is 20.3. The molecule has 2 aromatic carbocycles. The molecule has 1 amide bonds. The Bertz CT molecular complexity index is 1110. The number of carbonyl (C=O) groups is 1. The van der Waals surface area contributed by atoms with Crippen LogP contribution < -0.4 is 5.73 Å². The molecule has 0 saturated carbocycles. The number of nitrogens with zero attached hydrogens (tertiary/aromatic N) is 2. The van der Waals surface area contributed by atoms with Crippen molar-refractivity contribution in [3.8, 4) is 0 Å². The van der Waals surface area contributed by atoms with Gasteiger partial charge in [-0.3, -0.25) is 4.79 Å². The highest BCUT2D eigenvalue weighted by atomic mass is 16.5. The summed E-state index contributed by atoms with van der Waals surface area (Å²) in [6, 6.07) is 15.1. The number of nitrogens with two attached hydrogens (primary N) is 1. The number of primary amides is 1. The zero-order valence-corrected chi connectivity index (χ0v) is 16.4. The molecule has 28 heavy (non-hydrogen) atoms. The first-order chi connectivity index (χ1) is 13.2. The Kier molecular flexibility index (Phi) is 3.96. The van der Waals surface area contributed by atoms with Crippen molar-refractivity contribution in [2.75, 3.05) is 0 Å². The van der Waals surface area contributed by atoms with E-state index < -0.39 is 17.0 Å². The van der Waals surface area contributed by atoms with Crippen molar-refractivity contribution in [2.45, 2.75) is 38.8 Å². The highest BCUT2D eigenvalue weighted by Gasteiger charge is 2.53. The first-order valence-corrected chi connectivity index (χ1v) is 9.22. The van der Waals surface area contributed by atoms with E-state index in [1.165, 1.54) is 0 Å². The lowest BCUT2D eigenvalue weighted by atomic mass is 9.85. The number of rotatable bonds is 3. The molecule has 0 bridgehead atoms. The summed E-state index contributed by atoms with van der Waals surface area (Å²) in [6.07, 6.45) is 0. The molecule has 1 radical (unpaired) electrons. The van der Waals surface area contributed by atoms with E-state index in [4.69, 9.17) is 10.7 Å². The average molecular weight is 375 g/mol. The number of H-pyrrole nitrogens is 1. The standard InChI is InChI=1S/C22H23N4O2/c1-21(2)16(13-9-6-5-7-10-13)17(22(3,4)26(21)28)20-24-15-12-8-11-14(19(23)27)18(15)25-20/h5-12H,1-4H3,(H2,23,27)(H,24,25). The van der Waals surface area contributed by atoms with Crippen molar-refractivity contribution in [3.63, 3.8) is 0 Å². The van der Waals surface area contributed by atoms with Crippen LogP contribution in [0.15, 0.2) is 48.5 Å². The van der Waals surface area contributed by atoms with Crippen LogP contribution in [0.4, 0.5) is 0 Å². The number of imidazole rings is 1. The maximum atomic E-state index is 13.3. The van der Waals surface area contributed by atoms with Crippen molar-refractivity contribution in [2.24, 2.45) is 5.73 Å². The third-order valence-corrected chi connectivity index (χ3v) is 5.57. The highest BCUT2D eigenvalue weighted by Crippen LogP contribution is 2.52. The van der Waals surface area contributed by atoms with Crippen molar-refractivity contribution >= 4 is 28.1 Å². The van der Waals surface area contributed by atoms with Crippen molar-refractivity contribution in [3.05, 3.63) is 65.5 Å². The molecule has 2 heterocycles. The first-order valence-electron chi connectivity index (χ1n) is 9.22. The summed E-state index contributed by atoms with van der Waals surface area (Å²) in [5.41, 5.74) is 8.27. The smallest absolute Gasteiger partial charge is 0.250 e. The first kappa shape index (κ1) is 18.4. The summed E-state index contributed by atoms with van der Waals surface area (Å²) in [7, 11) is 0. The van der Waals surface area contributed by atoms with E-state index >= 15 is 0 Å². The van der Waals surface area contributed by atoms with Gasteiger partial charge >= 0.3 is 0 Å². The topological polar surface area (TPSA) is 94.9 Å². The number of benzene rings is 2. The van der Waals surface area contributed by atoms with E-state index in [1.54, 1.807) is 12.1 Å².